The highest BCUT2D eigenvalue weighted by Crippen LogP contribution is 2.20. The van der Waals surface area contributed by atoms with Gasteiger partial charge in [0.25, 0.3) is 0 Å². The first-order chi connectivity index (χ1) is 17.1. The Balaban J connectivity index is 1.74. The lowest BCUT2D eigenvalue weighted by molar-refractivity contribution is -0.122. The minimum Gasteiger partial charge on any atom is -0.325 e. The lowest BCUT2D eigenvalue weighted by atomic mass is 10.1. The molecule has 3 amide bonds. The number of benzene rings is 3. The molecule has 0 atom stereocenters. The number of carbonyl (C=O) groups is 3. The highest BCUT2D eigenvalue weighted by Gasteiger charge is 2.20. The summed E-state index contributed by atoms with van der Waals surface area (Å²) in [4.78, 5) is 40.3. The van der Waals surface area contributed by atoms with Crippen molar-refractivity contribution in [1.29, 1.82) is 0 Å². The van der Waals surface area contributed by atoms with Gasteiger partial charge in [-0.05, 0) is 68.5 Å². The number of carbonyl (C=O) groups excluding carboxylic acids is 3. The van der Waals surface area contributed by atoms with E-state index in [1.54, 1.807) is 4.90 Å². The summed E-state index contributed by atoms with van der Waals surface area (Å²) in [6, 6.07) is 19.0. The minimum absolute atomic E-state index is 0.116. The molecular weight excluding hydrogens is 452 g/mol. The predicted molar refractivity (Wildman–Crippen MR) is 145 cm³/mol. The zero-order valence-corrected chi connectivity index (χ0v) is 21.6. The minimum atomic E-state index is -0.302. The standard InChI is InChI=1S/C29H34N4O3/c1-19-10-6-7-15-24(19)30-25(34)16-33(17-26(35)31-28-20(2)11-8-12-21(28)3)18-27(36)32-29-22(4)13-9-14-23(29)5/h6-15H,16-18H2,1-5H3,(H,30,34)(H,31,35)(H,32,36). The zero-order valence-electron chi connectivity index (χ0n) is 21.6. The Morgan fingerprint density at radius 2 is 0.889 bits per heavy atom. The van der Waals surface area contributed by atoms with Crippen LogP contribution < -0.4 is 16.0 Å². The third-order valence-electron chi connectivity index (χ3n) is 6.01. The Morgan fingerprint density at radius 3 is 1.31 bits per heavy atom. The summed E-state index contributed by atoms with van der Waals surface area (Å²) in [5, 5.41) is 8.76. The van der Waals surface area contributed by atoms with E-state index < -0.39 is 0 Å². The summed E-state index contributed by atoms with van der Waals surface area (Å²) in [5.74, 6) is -0.893. The van der Waals surface area contributed by atoms with Gasteiger partial charge in [-0.2, -0.15) is 0 Å². The molecule has 188 valence electrons. The first kappa shape index (κ1) is 26.6. The molecule has 0 unspecified atom stereocenters. The van der Waals surface area contributed by atoms with Crippen LogP contribution in [0.25, 0.3) is 0 Å². The van der Waals surface area contributed by atoms with Crippen molar-refractivity contribution >= 4 is 34.8 Å². The number of anilines is 3. The maximum absolute atomic E-state index is 13.0. The van der Waals surface area contributed by atoms with E-state index in [0.717, 1.165) is 39.2 Å². The highest BCUT2D eigenvalue weighted by atomic mass is 16.2. The Bertz CT molecular complexity index is 1160. The van der Waals surface area contributed by atoms with E-state index in [-0.39, 0.29) is 37.4 Å². The van der Waals surface area contributed by atoms with Crippen molar-refractivity contribution in [3.05, 3.63) is 88.5 Å². The average molecular weight is 487 g/mol. The van der Waals surface area contributed by atoms with Gasteiger partial charge in [-0.1, -0.05) is 54.6 Å². The molecule has 7 nitrogen and oxygen atoms in total. The van der Waals surface area contributed by atoms with E-state index in [1.165, 1.54) is 0 Å². The number of rotatable bonds is 9. The van der Waals surface area contributed by atoms with Gasteiger partial charge in [0.1, 0.15) is 0 Å². The monoisotopic (exact) mass is 486 g/mol. The summed E-state index contributed by atoms with van der Waals surface area (Å²) in [6.45, 7) is 9.26. The van der Waals surface area contributed by atoms with E-state index in [4.69, 9.17) is 0 Å². The maximum atomic E-state index is 13.0. The Kier molecular flexibility index (Phi) is 8.97. The topological polar surface area (TPSA) is 90.5 Å². The Morgan fingerprint density at radius 1 is 0.528 bits per heavy atom. The van der Waals surface area contributed by atoms with Gasteiger partial charge in [0, 0.05) is 17.1 Å². The third-order valence-corrected chi connectivity index (χ3v) is 6.01. The van der Waals surface area contributed by atoms with Crippen LogP contribution in [0.3, 0.4) is 0 Å². The van der Waals surface area contributed by atoms with Gasteiger partial charge < -0.3 is 16.0 Å². The second-order valence-corrected chi connectivity index (χ2v) is 9.14. The maximum Gasteiger partial charge on any atom is 0.238 e. The fourth-order valence-corrected chi connectivity index (χ4v) is 4.06. The number of hydrogen-bond acceptors (Lipinski definition) is 4. The third kappa shape index (κ3) is 7.26. The van der Waals surface area contributed by atoms with Crippen LogP contribution in [0.1, 0.15) is 27.8 Å². The van der Waals surface area contributed by atoms with E-state index in [1.807, 2.05) is 95.3 Å². The second-order valence-electron chi connectivity index (χ2n) is 9.14. The van der Waals surface area contributed by atoms with Crippen LogP contribution in [-0.2, 0) is 14.4 Å². The SMILES string of the molecule is Cc1ccccc1NC(=O)CN(CC(=O)Nc1c(C)cccc1C)CC(=O)Nc1c(C)cccc1C. The van der Waals surface area contributed by atoms with Crippen LogP contribution in [0.2, 0.25) is 0 Å². The van der Waals surface area contributed by atoms with E-state index >= 15 is 0 Å². The molecule has 0 radical (unpaired) electrons. The molecule has 0 fully saturated rings. The first-order valence-corrected chi connectivity index (χ1v) is 11.9. The summed E-state index contributed by atoms with van der Waals surface area (Å²) in [5.41, 5.74) is 6.89. The fourth-order valence-electron chi connectivity index (χ4n) is 4.06. The molecule has 0 spiro atoms. The van der Waals surface area contributed by atoms with Crippen molar-refractivity contribution in [1.82, 2.24) is 4.90 Å². The Labute approximate surface area is 212 Å². The van der Waals surface area contributed by atoms with E-state index in [9.17, 15) is 14.4 Å². The van der Waals surface area contributed by atoms with Gasteiger partial charge >= 0.3 is 0 Å². The average Bonchev–Trinajstić information content (AvgIpc) is 2.80. The summed E-state index contributed by atoms with van der Waals surface area (Å²) < 4.78 is 0. The molecule has 3 rings (SSSR count). The number of nitrogens with one attached hydrogen (secondary N) is 3. The van der Waals surface area contributed by atoms with Crippen LogP contribution in [0.4, 0.5) is 17.1 Å². The summed E-state index contributed by atoms with van der Waals surface area (Å²) in [6.07, 6.45) is 0. The molecule has 0 heterocycles. The number of amides is 3. The number of nitrogens with zero attached hydrogens (tertiary/aromatic N) is 1. The molecule has 0 saturated carbocycles. The lowest BCUT2D eigenvalue weighted by Crippen LogP contribution is -2.43. The van der Waals surface area contributed by atoms with Crippen LogP contribution in [-0.4, -0.2) is 42.3 Å². The van der Waals surface area contributed by atoms with Crippen molar-refractivity contribution < 1.29 is 14.4 Å². The number of hydrogen-bond donors (Lipinski definition) is 3. The largest absolute Gasteiger partial charge is 0.325 e. The molecule has 3 aromatic rings. The van der Waals surface area contributed by atoms with Crippen molar-refractivity contribution in [2.24, 2.45) is 0 Å². The molecular formula is C29H34N4O3. The summed E-state index contributed by atoms with van der Waals surface area (Å²) in [7, 11) is 0. The van der Waals surface area contributed by atoms with Gasteiger partial charge in [0.15, 0.2) is 0 Å². The normalized spacial score (nSPS) is 10.7. The molecule has 3 N–H and O–H groups in total. The molecule has 36 heavy (non-hydrogen) atoms. The summed E-state index contributed by atoms with van der Waals surface area (Å²) >= 11 is 0. The number of para-hydroxylation sites is 3. The van der Waals surface area contributed by atoms with Crippen molar-refractivity contribution in [2.75, 3.05) is 35.6 Å². The van der Waals surface area contributed by atoms with Gasteiger partial charge in [-0.3, -0.25) is 19.3 Å². The van der Waals surface area contributed by atoms with Gasteiger partial charge in [-0.25, -0.2) is 0 Å². The van der Waals surface area contributed by atoms with Crippen LogP contribution in [0.5, 0.6) is 0 Å². The van der Waals surface area contributed by atoms with Gasteiger partial charge in [-0.15, -0.1) is 0 Å². The van der Waals surface area contributed by atoms with Gasteiger partial charge in [0.2, 0.25) is 17.7 Å². The van der Waals surface area contributed by atoms with Crippen LogP contribution in [0.15, 0.2) is 60.7 Å². The van der Waals surface area contributed by atoms with E-state index in [2.05, 4.69) is 16.0 Å². The van der Waals surface area contributed by atoms with Crippen molar-refractivity contribution in [3.63, 3.8) is 0 Å². The predicted octanol–water partition coefficient (Wildman–Crippen LogP) is 4.75. The van der Waals surface area contributed by atoms with E-state index in [0.29, 0.717) is 5.69 Å². The lowest BCUT2D eigenvalue weighted by Gasteiger charge is -2.22. The molecule has 0 bridgehead atoms. The molecule has 0 aliphatic heterocycles. The molecule has 0 aliphatic rings. The first-order valence-electron chi connectivity index (χ1n) is 11.9. The molecule has 0 aliphatic carbocycles. The zero-order chi connectivity index (χ0) is 26.2. The fraction of sp³-hybridized carbons (Fsp3) is 0.276. The smallest absolute Gasteiger partial charge is 0.238 e. The molecule has 0 saturated heterocycles. The molecule has 7 heteroatoms. The van der Waals surface area contributed by atoms with Crippen LogP contribution >= 0.6 is 0 Å². The Hall–Kier alpha value is -3.97. The van der Waals surface area contributed by atoms with Crippen molar-refractivity contribution in [3.8, 4) is 0 Å². The highest BCUT2D eigenvalue weighted by molar-refractivity contribution is 5.98. The van der Waals surface area contributed by atoms with Crippen LogP contribution in [0, 0.1) is 34.6 Å². The van der Waals surface area contributed by atoms with Gasteiger partial charge in [0.05, 0.1) is 19.6 Å². The van der Waals surface area contributed by atoms with Crippen molar-refractivity contribution in [2.45, 2.75) is 34.6 Å². The second kappa shape index (κ2) is 12.1. The molecule has 0 aromatic heterocycles. The number of aryl methyl sites for hydroxylation is 5. The quantitative estimate of drug-likeness (QED) is 0.407. The molecule has 3 aromatic carbocycles.